The second kappa shape index (κ2) is 6.19. The average Bonchev–Trinajstić information content (AvgIpc) is 2.89. The summed E-state index contributed by atoms with van der Waals surface area (Å²) in [7, 11) is 0. The van der Waals surface area contributed by atoms with Gasteiger partial charge >= 0.3 is 0 Å². The number of carbonyl (C=O) groups excluding carboxylic acids is 2. The summed E-state index contributed by atoms with van der Waals surface area (Å²) in [5.74, 6) is -0.517. The van der Waals surface area contributed by atoms with E-state index in [0.29, 0.717) is 24.9 Å². The monoisotopic (exact) mass is 316 g/mol. The van der Waals surface area contributed by atoms with Crippen molar-refractivity contribution < 1.29 is 14.0 Å². The van der Waals surface area contributed by atoms with Crippen molar-refractivity contribution >= 4 is 29.1 Å². The molecule has 0 radical (unpaired) electrons. The minimum Gasteiger partial charge on any atom is -0.352 e. The number of carbonyl (C=O) groups is 2. The molecule has 1 aliphatic carbocycles. The first-order chi connectivity index (χ1) is 10.6. The molecule has 0 fully saturated rings. The quantitative estimate of drug-likeness (QED) is 0.942. The minimum absolute atomic E-state index is 0.0901. The number of ketones is 1. The van der Waals surface area contributed by atoms with Crippen LogP contribution in [0.2, 0.25) is 0 Å². The van der Waals surface area contributed by atoms with Gasteiger partial charge in [-0.1, -0.05) is 0 Å². The molecule has 3 rings (SSSR count). The molecule has 6 heteroatoms. The molecule has 0 aliphatic heterocycles. The van der Waals surface area contributed by atoms with Gasteiger partial charge in [0.1, 0.15) is 5.82 Å². The number of benzene rings is 1. The van der Waals surface area contributed by atoms with E-state index in [1.54, 1.807) is 12.2 Å². The number of amides is 1. The third-order valence-corrected chi connectivity index (χ3v) is 4.40. The smallest absolute Gasteiger partial charge is 0.251 e. The second-order valence-electron chi connectivity index (χ2n) is 4.91. The summed E-state index contributed by atoms with van der Waals surface area (Å²) in [6.07, 6.45) is 4.29. The number of nitrogens with zero attached hydrogens (tertiary/aromatic N) is 1. The van der Waals surface area contributed by atoms with Gasteiger partial charge in [-0.3, -0.25) is 9.59 Å². The highest BCUT2D eigenvalue weighted by Crippen LogP contribution is 2.24. The Labute approximate surface area is 130 Å². The van der Waals surface area contributed by atoms with E-state index >= 15 is 0 Å². The topological polar surface area (TPSA) is 59.1 Å². The van der Waals surface area contributed by atoms with Crippen LogP contribution in [0.15, 0.2) is 30.3 Å². The summed E-state index contributed by atoms with van der Waals surface area (Å²) in [5.41, 5.74) is 1.28. The van der Waals surface area contributed by atoms with Gasteiger partial charge in [-0.2, -0.15) is 0 Å². The normalized spacial score (nSPS) is 13.0. The van der Waals surface area contributed by atoms with Crippen LogP contribution in [-0.2, 0) is 17.6 Å². The lowest BCUT2D eigenvalue weighted by Crippen LogP contribution is -2.25. The maximum absolute atomic E-state index is 12.8. The second-order valence-corrected chi connectivity index (χ2v) is 6.07. The van der Waals surface area contributed by atoms with E-state index in [0.717, 1.165) is 15.6 Å². The van der Waals surface area contributed by atoms with Crippen LogP contribution in [0.4, 0.5) is 4.39 Å². The van der Waals surface area contributed by atoms with Crippen molar-refractivity contribution in [2.24, 2.45) is 0 Å². The van der Waals surface area contributed by atoms with E-state index in [2.05, 4.69) is 10.3 Å². The van der Waals surface area contributed by atoms with Gasteiger partial charge in [-0.25, -0.2) is 9.37 Å². The van der Waals surface area contributed by atoms with Gasteiger partial charge in [0.15, 0.2) is 5.78 Å². The molecule has 0 saturated carbocycles. The summed E-state index contributed by atoms with van der Waals surface area (Å²) in [5, 5.41) is 3.67. The highest BCUT2D eigenvalue weighted by atomic mass is 32.1. The van der Waals surface area contributed by atoms with E-state index < -0.39 is 0 Å². The first-order valence-electron chi connectivity index (χ1n) is 6.85. The summed E-state index contributed by atoms with van der Waals surface area (Å²) in [6.45, 7) is 0.445. The van der Waals surface area contributed by atoms with Crippen molar-refractivity contribution in [2.75, 3.05) is 6.54 Å². The van der Waals surface area contributed by atoms with Crippen molar-refractivity contribution in [1.82, 2.24) is 10.3 Å². The SMILES string of the molecule is O=C1C=Cc2nc(CCNC(=O)c3ccc(F)cc3)sc2C1. The first-order valence-corrected chi connectivity index (χ1v) is 7.67. The molecule has 0 saturated heterocycles. The lowest BCUT2D eigenvalue weighted by Gasteiger charge is -2.03. The Morgan fingerprint density at radius 1 is 1.27 bits per heavy atom. The third kappa shape index (κ3) is 3.28. The fourth-order valence-electron chi connectivity index (χ4n) is 2.15. The van der Waals surface area contributed by atoms with Crippen LogP contribution in [0.3, 0.4) is 0 Å². The van der Waals surface area contributed by atoms with Gasteiger partial charge in [0, 0.05) is 29.8 Å². The number of rotatable bonds is 4. The predicted molar refractivity (Wildman–Crippen MR) is 82.3 cm³/mol. The molecule has 0 atom stereocenters. The van der Waals surface area contributed by atoms with Crippen LogP contribution in [0.25, 0.3) is 6.08 Å². The number of hydrogen-bond acceptors (Lipinski definition) is 4. The largest absolute Gasteiger partial charge is 0.352 e. The Balaban J connectivity index is 1.55. The van der Waals surface area contributed by atoms with Gasteiger partial charge in [-0.05, 0) is 36.4 Å². The number of aromatic nitrogens is 1. The fraction of sp³-hybridized carbons (Fsp3) is 0.188. The van der Waals surface area contributed by atoms with Crippen molar-refractivity contribution in [1.29, 1.82) is 0 Å². The molecule has 2 aromatic rings. The van der Waals surface area contributed by atoms with Crippen LogP contribution >= 0.6 is 11.3 Å². The highest BCUT2D eigenvalue weighted by Gasteiger charge is 2.15. The van der Waals surface area contributed by atoms with E-state index in [4.69, 9.17) is 0 Å². The van der Waals surface area contributed by atoms with Gasteiger partial charge in [-0.15, -0.1) is 11.3 Å². The zero-order chi connectivity index (χ0) is 15.5. The van der Waals surface area contributed by atoms with E-state index in [1.165, 1.54) is 35.6 Å². The van der Waals surface area contributed by atoms with Crippen molar-refractivity contribution in [2.45, 2.75) is 12.8 Å². The predicted octanol–water partition coefficient (Wildman–Crippen LogP) is 2.39. The van der Waals surface area contributed by atoms with Crippen molar-refractivity contribution in [3.8, 4) is 0 Å². The highest BCUT2D eigenvalue weighted by molar-refractivity contribution is 7.12. The van der Waals surface area contributed by atoms with Crippen molar-refractivity contribution in [3.05, 3.63) is 57.3 Å². The summed E-state index contributed by atoms with van der Waals surface area (Å²) < 4.78 is 12.8. The number of halogens is 1. The molecule has 1 aromatic carbocycles. The van der Waals surface area contributed by atoms with Crippen LogP contribution in [0, 0.1) is 5.82 Å². The Bertz CT molecular complexity index is 750. The maximum Gasteiger partial charge on any atom is 0.251 e. The number of thiazole rings is 1. The average molecular weight is 316 g/mol. The summed E-state index contributed by atoms with van der Waals surface area (Å²) in [4.78, 5) is 28.6. The molecule has 1 amide bonds. The Morgan fingerprint density at radius 2 is 2.05 bits per heavy atom. The van der Waals surface area contributed by atoms with Gasteiger partial charge in [0.25, 0.3) is 5.91 Å². The Hall–Kier alpha value is -2.34. The molecule has 1 heterocycles. The molecule has 1 N–H and O–H groups in total. The number of allylic oxidation sites excluding steroid dienone is 1. The van der Waals surface area contributed by atoms with Gasteiger partial charge < -0.3 is 5.32 Å². The zero-order valence-corrected chi connectivity index (χ0v) is 12.5. The lowest BCUT2D eigenvalue weighted by molar-refractivity contribution is -0.114. The molecular weight excluding hydrogens is 303 g/mol. The zero-order valence-electron chi connectivity index (χ0n) is 11.6. The summed E-state index contributed by atoms with van der Waals surface area (Å²) >= 11 is 1.50. The molecule has 0 unspecified atom stereocenters. The minimum atomic E-state index is -0.368. The standard InChI is InChI=1S/C16H13FN2O2S/c17-11-3-1-10(2-4-11)16(21)18-8-7-15-19-13-6-5-12(20)9-14(13)22-15/h1-6H,7-9H2,(H,18,21). The molecule has 112 valence electrons. The molecule has 0 bridgehead atoms. The van der Waals surface area contributed by atoms with E-state index in [1.807, 2.05) is 0 Å². The lowest BCUT2D eigenvalue weighted by atomic mass is 10.1. The number of fused-ring (bicyclic) bond motifs is 1. The number of hydrogen-bond donors (Lipinski definition) is 1. The molecule has 22 heavy (non-hydrogen) atoms. The third-order valence-electron chi connectivity index (χ3n) is 3.26. The van der Waals surface area contributed by atoms with Gasteiger partial charge in [0.2, 0.25) is 0 Å². The van der Waals surface area contributed by atoms with Crippen LogP contribution in [0.5, 0.6) is 0 Å². The fourth-order valence-corrected chi connectivity index (χ4v) is 3.22. The molecule has 0 spiro atoms. The van der Waals surface area contributed by atoms with E-state index in [-0.39, 0.29) is 17.5 Å². The van der Waals surface area contributed by atoms with Gasteiger partial charge in [0.05, 0.1) is 10.7 Å². The molecule has 1 aliphatic rings. The maximum atomic E-state index is 12.8. The van der Waals surface area contributed by atoms with Crippen LogP contribution in [-0.4, -0.2) is 23.2 Å². The Kier molecular flexibility index (Phi) is 4.11. The van der Waals surface area contributed by atoms with Crippen LogP contribution in [0.1, 0.15) is 25.9 Å². The summed E-state index contributed by atoms with van der Waals surface area (Å²) in [6, 6.07) is 5.41. The molecule has 4 nitrogen and oxygen atoms in total. The molecule has 1 aromatic heterocycles. The van der Waals surface area contributed by atoms with Crippen LogP contribution < -0.4 is 5.32 Å². The molecular formula is C16H13FN2O2S. The van der Waals surface area contributed by atoms with E-state index in [9.17, 15) is 14.0 Å². The first kappa shape index (κ1) is 14.6. The number of nitrogens with one attached hydrogen (secondary N) is 1. The van der Waals surface area contributed by atoms with Crippen molar-refractivity contribution in [3.63, 3.8) is 0 Å². The Morgan fingerprint density at radius 3 is 2.82 bits per heavy atom.